The van der Waals surface area contributed by atoms with E-state index in [4.69, 9.17) is 16.4 Å². The van der Waals surface area contributed by atoms with Crippen LogP contribution in [0.15, 0.2) is 95.2 Å². The Labute approximate surface area is 206 Å². The Hall–Kier alpha value is -3.14. The summed E-state index contributed by atoms with van der Waals surface area (Å²) in [5.74, 6) is 0.00680. The van der Waals surface area contributed by atoms with E-state index in [1.165, 1.54) is 0 Å². The van der Waals surface area contributed by atoms with Crippen molar-refractivity contribution in [1.29, 1.82) is 0 Å². The highest BCUT2D eigenvalue weighted by atomic mass is 79.9. The van der Waals surface area contributed by atoms with Gasteiger partial charge in [-0.05, 0) is 48.2 Å². The summed E-state index contributed by atoms with van der Waals surface area (Å²) >= 11 is 10.8. The Morgan fingerprint density at radius 1 is 0.909 bits per heavy atom. The van der Waals surface area contributed by atoms with Gasteiger partial charge in [0.05, 0.1) is 5.69 Å². The first-order valence-electron chi connectivity index (χ1n) is 9.81. The number of hydrogen-bond donors (Lipinski definition) is 1. The fourth-order valence-electron chi connectivity index (χ4n) is 3.22. The molecule has 1 unspecified atom stereocenters. The van der Waals surface area contributed by atoms with E-state index >= 15 is 0 Å². The van der Waals surface area contributed by atoms with Crippen LogP contribution in [0.2, 0.25) is 5.02 Å². The van der Waals surface area contributed by atoms with Gasteiger partial charge in [0.25, 0.3) is 0 Å². The van der Waals surface area contributed by atoms with Crippen LogP contribution in [0.25, 0.3) is 11.4 Å². The zero-order valence-electron chi connectivity index (χ0n) is 16.9. The third-order valence-electron chi connectivity index (χ3n) is 4.82. The van der Waals surface area contributed by atoms with Crippen molar-refractivity contribution in [3.05, 3.63) is 95.5 Å². The summed E-state index contributed by atoms with van der Waals surface area (Å²) in [6.07, 6.45) is 0. The highest BCUT2D eigenvalue weighted by Gasteiger charge is 2.51. The van der Waals surface area contributed by atoms with E-state index in [2.05, 4.69) is 36.7 Å². The van der Waals surface area contributed by atoms with Crippen LogP contribution >= 0.6 is 39.3 Å². The highest BCUT2D eigenvalue weighted by molar-refractivity contribution is 9.12. The van der Waals surface area contributed by atoms with Gasteiger partial charge in [0.2, 0.25) is 8.81 Å². The van der Waals surface area contributed by atoms with Crippen molar-refractivity contribution in [2.45, 2.75) is 8.81 Å². The summed E-state index contributed by atoms with van der Waals surface area (Å²) < 4.78 is 0.426. The van der Waals surface area contributed by atoms with E-state index in [1.54, 1.807) is 16.8 Å². The Morgan fingerprint density at radius 2 is 1.58 bits per heavy atom. The summed E-state index contributed by atoms with van der Waals surface area (Å²) in [7, 11) is 0. The number of aromatic nitrogens is 3. The third-order valence-corrected chi connectivity index (χ3v) is 7.34. The number of nitrogens with zero attached hydrogens (tertiary/aromatic N) is 4. The fourth-order valence-corrected chi connectivity index (χ4v) is 5.08. The maximum Gasteiger partial charge on any atom is 0.368 e. The van der Waals surface area contributed by atoms with Crippen LogP contribution in [0.5, 0.6) is 0 Å². The number of rotatable bonds is 6. The van der Waals surface area contributed by atoms with Gasteiger partial charge in [-0.1, -0.05) is 81.2 Å². The second-order valence-corrected chi connectivity index (χ2v) is 10.3. The number of nitrogens with one attached hydrogen (secondary N) is 1. The molecule has 1 aliphatic rings. The van der Waals surface area contributed by atoms with Gasteiger partial charge in [-0.3, -0.25) is 5.43 Å². The van der Waals surface area contributed by atoms with E-state index in [0.717, 1.165) is 28.6 Å². The lowest BCUT2D eigenvalue weighted by Crippen LogP contribution is -2.34. The first-order valence-corrected chi connectivity index (χ1v) is 11.8. The normalized spacial score (nSPS) is 17.5. The maximum atomic E-state index is 12.8. The van der Waals surface area contributed by atoms with Crippen LogP contribution in [0.3, 0.4) is 0 Å². The van der Waals surface area contributed by atoms with Gasteiger partial charge in [-0.25, -0.2) is 9.47 Å². The molecule has 0 bridgehead atoms. The molecule has 0 saturated carbocycles. The minimum Gasteiger partial charge on any atom is -0.315 e. The SMILES string of the molecule is O=C1ON=C(c2ccccc2)C1(Br)Sc1nnc(-c2ccc(Cl)cc2)n1Nc1ccccc1. The molecule has 33 heavy (non-hydrogen) atoms. The molecular formula is C23H15BrClN5O2S. The maximum absolute atomic E-state index is 12.8. The molecule has 10 heteroatoms. The smallest absolute Gasteiger partial charge is 0.315 e. The Balaban J connectivity index is 1.57. The minimum absolute atomic E-state index is 0.433. The van der Waals surface area contributed by atoms with E-state index < -0.39 is 9.63 Å². The summed E-state index contributed by atoms with van der Waals surface area (Å²) in [5.41, 5.74) is 6.15. The standard InChI is InChI=1S/C23H15BrClN5O2S/c24-23(19(29-32-21(23)31)15-7-3-1-4-8-15)33-22-27-26-20(16-11-13-17(25)14-12-16)30(22)28-18-9-5-2-6-10-18/h1-14,28H. The molecule has 0 saturated heterocycles. The Bertz CT molecular complexity index is 1330. The Kier molecular flexibility index (Phi) is 5.92. The number of thioether (sulfide) groups is 1. The van der Waals surface area contributed by atoms with E-state index in [0.29, 0.717) is 21.7 Å². The molecule has 0 radical (unpaired) electrons. The van der Waals surface area contributed by atoms with Gasteiger partial charge in [0.15, 0.2) is 5.82 Å². The van der Waals surface area contributed by atoms with Gasteiger partial charge in [-0.15, -0.1) is 10.2 Å². The topological polar surface area (TPSA) is 81.4 Å². The van der Waals surface area contributed by atoms with Crippen molar-refractivity contribution in [1.82, 2.24) is 14.9 Å². The molecule has 0 fully saturated rings. The van der Waals surface area contributed by atoms with Crippen LogP contribution < -0.4 is 5.43 Å². The lowest BCUT2D eigenvalue weighted by molar-refractivity contribution is -0.140. The number of oxime groups is 1. The van der Waals surface area contributed by atoms with Gasteiger partial charge < -0.3 is 4.84 Å². The number of benzene rings is 3. The number of hydrogen-bond acceptors (Lipinski definition) is 7. The van der Waals surface area contributed by atoms with Crippen LogP contribution in [-0.4, -0.2) is 30.2 Å². The van der Waals surface area contributed by atoms with Crippen LogP contribution in [0, 0.1) is 0 Å². The monoisotopic (exact) mass is 539 g/mol. The number of halogens is 2. The van der Waals surface area contributed by atoms with Crippen molar-refractivity contribution in [3.8, 4) is 11.4 Å². The molecule has 0 amide bonds. The molecule has 1 atom stereocenters. The van der Waals surface area contributed by atoms with Crippen molar-refractivity contribution in [2.75, 3.05) is 5.43 Å². The van der Waals surface area contributed by atoms with Crippen molar-refractivity contribution < 1.29 is 9.63 Å². The number of carbonyl (C=O) groups is 1. The molecule has 1 aromatic heterocycles. The summed E-state index contributed by atoms with van der Waals surface area (Å²) in [6, 6.07) is 26.3. The predicted molar refractivity (Wildman–Crippen MR) is 133 cm³/mol. The second-order valence-electron chi connectivity index (χ2n) is 7.01. The van der Waals surface area contributed by atoms with E-state index in [1.807, 2.05) is 72.8 Å². The molecule has 1 N–H and O–H groups in total. The molecule has 1 aliphatic heterocycles. The predicted octanol–water partition coefficient (Wildman–Crippen LogP) is 5.62. The van der Waals surface area contributed by atoms with E-state index in [-0.39, 0.29) is 0 Å². The first-order chi connectivity index (χ1) is 16.0. The number of carbonyl (C=O) groups excluding carboxylic acids is 1. The van der Waals surface area contributed by atoms with Gasteiger partial charge in [0, 0.05) is 16.1 Å². The Morgan fingerprint density at radius 3 is 2.27 bits per heavy atom. The largest absolute Gasteiger partial charge is 0.368 e. The van der Waals surface area contributed by atoms with E-state index in [9.17, 15) is 4.79 Å². The van der Waals surface area contributed by atoms with Gasteiger partial charge in [0.1, 0.15) is 5.71 Å². The number of anilines is 1. The molecule has 0 aliphatic carbocycles. The summed E-state index contributed by atoms with van der Waals surface area (Å²) in [5, 5.41) is 13.8. The molecule has 164 valence electrons. The number of alkyl halides is 1. The average molecular weight is 541 g/mol. The third kappa shape index (κ3) is 4.27. The average Bonchev–Trinajstić information content (AvgIpc) is 3.36. The second kappa shape index (κ2) is 9.01. The molecule has 2 heterocycles. The van der Waals surface area contributed by atoms with Gasteiger partial charge >= 0.3 is 5.97 Å². The molecular weight excluding hydrogens is 526 g/mol. The molecule has 0 spiro atoms. The highest BCUT2D eigenvalue weighted by Crippen LogP contribution is 2.45. The van der Waals surface area contributed by atoms with Crippen LogP contribution in [-0.2, 0) is 9.63 Å². The number of para-hydroxylation sites is 1. The molecule has 7 nitrogen and oxygen atoms in total. The quantitative estimate of drug-likeness (QED) is 0.253. The van der Waals surface area contributed by atoms with Crippen molar-refractivity contribution >= 4 is 56.7 Å². The van der Waals surface area contributed by atoms with Crippen LogP contribution in [0.4, 0.5) is 5.69 Å². The lowest BCUT2D eigenvalue weighted by Gasteiger charge is -2.19. The van der Waals surface area contributed by atoms with Crippen molar-refractivity contribution in [2.24, 2.45) is 5.16 Å². The summed E-state index contributed by atoms with van der Waals surface area (Å²) in [4.78, 5) is 17.8. The van der Waals surface area contributed by atoms with Gasteiger partial charge in [-0.2, -0.15) is 0 Å². The minimum atomic E-state index is -1.30. The molecule has 3 aromatic carbocycles. The fraction of sp³-hybridized carbons (Fsp3) is 0.0435. The zero-order chi connectivity index (χ0) is 22.8. The molecule has 4 aromatic rings. The van der Waals surface area contributed by atoms with Crippen LogP contribution in [0.1, 0.15) is 5.56 Å². The lowest BCUT2D eigenvalue weighted by atomic mass is 10.1. The first kappa shape index (κ1) is 21.7. The molecule has 5 rings (SSSR count). The summed E-state index contributed by atoms with van der Waals surface area (Å²) in [6.45, 7) is 0. The van der Waals surface area contributed by atoms with Crippen molar-refractivity contribution in [3.63, 3.8) is 0 Å². The zero-order valence-corrected chi connectivity index (χ0v) is 20.0.